The highest BCUT2D eigenvalue weighted by Gasteiger charge is 2.30. The van der Waals surface area contributed by atoms with Crippen LogP contribution in [0.5, 0.6) is 5.75 Å². The number of halogens is 3. The summed E-state index contributed by atoms with van der Waals surface area (Å²) in [5.74, 6) is 0.873. The van der Waals surface area contributed by atoms with E-state index in [2.05, 4.69) is 10.3 Å². The Morgan fingerprint density at radius 2 is 1.97 bits per heavy atom. The molecule has 0 aliphatic heterocycles. The number of carbonyl (C=O) groups excluding carboxylic acids is 1. The summed E-state index contributed by atoms with van der Waals surface area (Å²) in [7, 11) is 0. The first-order valence-corrected chi connectivity index (χ1v) is 10.4. The molecule has 0 radical (unpaired) electrons. The predicted molar refractivity (Wildman–Crippen MR) is 108 cm³/mol. The molecular formula is C22H19F3N2O2S. The van der Waals surface area contributed by atoms with Crippen LogP contribution in [0.4, 0.5) is 13.2 Å². The van der Waals surface area contributed by atoms with E-state index < -0.39 is 11.7 Å². The number of carbonyl (C=O) groups is 1. The third-order valence-corrected chi connectivity index (χ3v) is 5.63. The molecule has 1 aromatic heterocycles. The maximum absolute atomic E-state index is 12.9. The maximum atomic E-state index is 12.9. The first-order valence-electron chi connectivity index (χ1n) is 9.52. The van der Waals surface area contributed by atoms with E-state index in [0.29, 0.717) is 40.0 Å². The number of hydrogen-bond donors (Lipinski definition) is 1. The van der Waals surface area contributed by atoms with E-state index >= 15 is 0 Å². The lowest BCUT2D eigenvalue weighted by Gasteiger charge is -2.12. The molecule has 2 aromatic carbocycles. The number of hydrogen-bond acceptors (Lipinski definition) is 4. The summed E-state index contributed by atoms with van der Waals surface area (Å²) < 4.78 is 44.5. The van der Waals surface area contributed by atoms with Crippen molar-refractivity contribution in [1.82, 2.24) is 10.3 Å². The average Bonchev–Trinajstić information content (AvgIpc) is 3.44. The molecule has 1 aliphatic rings. The fourth-order valence-electron chi connectivity index (χ4n) is 2.92. The molecule has 4 rings (SSSR count). The van der Waals surface area contributed by atoms with Crippen LogP contribution in [0.15, 0.2) is 53.9 Å². The number of rotatable bonds is 7. The van der Waals surface area contributed by atoms with Gasteiger partial charge in [-0.3, -0.25) is 4.79 Å². The molecule has 0 saturated heterocycles. The van der Waals surface area contributed by atoms with Gasteiger partial charge in [0.2, 0.25) is 0 Å². The predicted octanol–water partition coefficient (Wildman–Crippen LogP) is 5.55. The fourth-order valence-corrected chi connectivity index (χ4v) is 3.75. The highest BCUT2D eigenvalue weighted by molar-refractivity contribution is 7.13. The number of amides is 1. The second kappa shape index (κ2) is 8.47. The van der Waals surface area contributed by atoms with Crippen LogP contribution in [0.1, 0.15) is 34.5 Å². The molecule has 0 unspecified atom stereocenters. The van der Waals surface area contributed by atoms with Gasteiger partial charge < -0.3 is 10.1 Å². The van der Waals surface area contributed by atoms with Crippen molar-refractivity contribution in [3.05, 3.63) is 70.7 Å². The van der Waals surface area contributed by atoms with Crippen LogP contribution < -0.4 is 10.1 Å². The lowest BCUT2D eigenvalue weighted by molar-refractivity contribution is -0.137. The van der Waals surface area contributed by atoms with Crippen LogP contribution in [0.3, 0.4) is 0 Å². The zero-order valence-corrected chi connectivity index (χ0v) is 16.7. The van der Waals surface area contributed by atoms with Crippen molar-refractivity contribution in [2.75, 3.05) is 6.54 Å². The van der Waals surface area contributed by atoms with Gasteiger partial charge in [0, 0.05) is 11.9 Å². The summed E-state index contributed by atoms with van der Waals surface area (Å²) in [5.41, 5.74) is 0.747. The molecular weight excluding hydrogens is 413 g/mol. The monoisotopic (exact) mass is 432 g/mol. The molecule has 3 aromatic rings. The molecule has 1 amide bonds. The minimum atomic E-state index is -4.40. The van der Waals surface area contributed by atoms with Crippen LogP contribution in [-0.4, -0.2) is 17.4 Å². The van der Waals surface area contributed by atoms with Crippen LogP contribution in [0.2, 0.25) is 0 Å². The number of aromatic nitrogens is 1. The lowest BCUT2D eigenvalue weighted by atomic mass is 10.1. The van der Waals surface area contributed by atoms with Gasteiger partial charge in [-0.25, -0.2) is 4.98 Å². The van der Waals surface area contributed by atoms with Gasteiger partial charge in [-0.2, -0.15) is 13.2 Å². The van der Waals surface area contributed by atoms with Crippen molar-refractivity contribution in [3.63, 3.8) is 0 Å². The van der Waals surface area contributed by atoms with Crippen LogP contribution in [0.25, 0.3) is 10.6 Å². The Morgan fingerprint density at radius 3 is 2.73 bits per heavy atom. The van der Waals surface area contributed by atoms with Crippen molar-refractivity contribution in [1.29, 1.82) is 0 Å². The summed E-state index contributed by atoms with van der Waals surface area (Å²) in [6, 6.07) is 12.2. The van der Waals surface area contributed by atoms with Gasteiger partial charge in [0.1, 0.15) is 23.1 Å². The number of ether oxygens (including phenoxy) is 1. The molecule has 156 valence electrons. The first-order chi connectivity index (χ1) is 14.4. The lowest BCUT2D eigenvalue weighted by Crippen LogP contribution is -2.25. The van der Waals surface area contributed by atoms with Crippen molar-refractivity contribution < 1.29 is 22.7 Å². The number of nitrogens with zero attached hydrogens (tertiary/aromatic N) is 1. The molecule has 1 fully saturated rings. The smallest absolute Gasteiger partial charge is 0.416 e. The Bertz CT molecular complexity index is 1040. The third-order valence-electron chi connectivity index (χ3n) is 4.75. The molecule has 4 nitrogen and oxygen atoms in total. The molecule has 0 spiro atoms. The Labute approximate surface area is 175 Å². The van der Waals surface area contributed by atoms with E-state index in [0.717, 1.165) is 25.0 Å². The van der Waals surface area contributed by atoms with Crippen LogP contribution in [-0.2, 0) is 12.8 Å². The Kier molecular flexibility index (Phi) is 5.76. The number of alkyl halides is 3. The third kappa shape index (κ3) is 4.99. The summed E-state index contributed by atoms with van der Waals surface area (Å²) in [5, 5.41) is 5.20. The summed E-state index contributed by atoms with van der Waals surface area (Å²) in [6.45, 7) is 0.656. The van der Waals surface area contributed by atoms with Crippen molar-refractivity contribution >= 4 is 17.2 Å². The second-order valence-electron chi connectivity index (χ2n) is 7.17. The molecule has 8 heteroatoms. The highest BCUT2D eigenvalue weighted by atomic mass is 32.1. The Morgan fingerprint density at radius 1 is 1.17 bits per heavy atom. The topological polar surface area (TPSA) is 51.2 Å². The number of nitrogens with one attached hydrogen (secondary N) is 1. The van der Waals surface area contributed by atoms with Gasteiger partial charge in [0.15, 0.2) is 0 Å². The minimum absolute atomic E-state index is 0.0129. The molecule has 1 N–H and O–H groups in total. The zero-order chi connectivity index (χ0) is 21.1. The normalized spacial score (nSPS) is 13.8. The quantitative estimate of drug-likeness (QED) is 0.533. The van der Waals surface area contributed by atoms with E-state index in [1.165, 1.54) is 17.4 Å². The Balaban J connectivity index is 1.47. The molecule has 1 aliphatic carbocycles. The molecule has 1 saturated carbocycles. The molecule has 0 bridgehead atoms. The SMILES string of the molecule is O=C(NCC1CC1)c1csc(-c2ccccc2OCc2cccc(C(F)(F)F)c2)n1. The van der Waals surface area contributed by atoms with Gasteiger partial charge in [0.25, 0.3) is 5.91 Å². The summed E-state index contributed by atoms with van der Waals surface area (Å²) in [4.78, 5) is 16.7. The van der Waals surface area contributed by atoms with Gasteiger partial charge in [-0.15, -0.1) is 11.3 Å². The summed E-state index contributed by atoms with van der Waals surface area (Å²) in [6.07, 6.45) is -2.09. The maximum Gasteiger partial charge on any atom is 0.416 e. The first kappa shape index (κ1) is 20.4. The second-order valence-corrected chi connectivity index (χ2v) is 8.03. The molecule has 1 heterocycles. The van der Waals surface area contributed by atoms with E-state index in [9.17, 15) is 18.0 Å². The van der Waals surface area contributed by atoms with E-state index in [4.69, 9.17) is 4.74 Å². The number of para-hydroxylation sites is 1. The van der Waals surface area contributed by atoms with Crippen LogP contribution in [0, 0.1) is 5.92 Å². The van der Waals surface area contributed by atoms with E-state index in [1.54, 1.807) is 23.6 Å². The minimum Gasteiger partial charge on any atom is -0.488 e. The summed E-state index contributed by atoms with van der Waals surface area (Å²) >= 11 is 1.32. The van der Waals surface area contributed by atoms with Gasteiger partial charge in [-0.05, 0) is 48.6 Å². The van der Waals surface area contributed by atoms with Gasteiger partial charge >= 0.3 is 6.18 Å². The van der Waals surface area contributed by atoms with Gasteiger partial charge in [-0.1, -0.05) is 24.3 Å². The van der Waals surface area contributed by atoms with E-state index in [1.807, 2.05) is 12.1 Å². The van der Waals surface area contributed by atoms with Crippen molar-refractivity contribution in [2.45, 2.75) is 25.6 Å². The van der Waals surface area contributed by atoms with Gasteiger partial charge in [0.05, 0.1) is 11.1 Å². The highest BCUT2D eigenvalue weighted by Crippen LogP contribution is 2.34. The van der Waals surface area contributed by atoms with Crippen molar-refractivity contribution in [2.24, 2.45) is 5.92 Å². The van der Waals surface area contributed by atoms with E-state index in [-0.39, 0.29) is 12.5 Å². The van der Waals surface area contributed by atoms with Crippen LogP contribution >= 0.6 is 11.3 Å². The number of benzene rings is 2. The standard InChI is InChI=1S/C22H19F3N2O2S/c23-22(24,25)16-5-3-4-15(10-16)12-29-19-7-2-1-6-17(19)21-27-18(13-30-21)20(28)26-11-14-8-9-14/h1-7,10,13-14H,8-9,11-12H2,(H,26,28). The zero-order valence-electron chi connectivity index (χ0n) is 15.9. The largest absolute Gasteiger partial charge is 0.488 e. The number of thiazole rings is 1. The average molecular weight is 432 g/mol. The molecule has 0 atom stereocenters. The Hall–Kier alpha value is -2.87. The molecule has 30 heavy (non-hydrogen) atoms. The fraction of sp³-hybridized carbons (Fsp3) is 0.273. The van der Waals surface area contributed by atoms with Crippen molar-refractivity contribution in [3.8, 4) is 16.3 Å².